The summed E-state index contributed by atoms with van der Waals surface area (Å²) in [6, 6.07) is 9.38. The van der Waals surface area contributed by atoms with Crippen molar-refractivity contribution in [1.82, 2.24) is 4.98 Å². The lowest BCUT2D eigenvalue weighted by molar-refractivity contribution is 0.0488. The normalized spacial score (nSPS) is 14.8. The van der Waals surface area contributed by atoms with Gasteiger partial charge in [0, 0.05) is 11.6 Å². The van der Waals surface area contributed by atoms with Gasteiger partial charge >= 0.3 is 5.97 Å². The number of rotatable bonds is 3. The van der Waals surface area contributed by atoms with Crippen LogP contribution in [0.4, 0.5) is 0 Å². The molecule has 0 bridgehead atoms. The molecule has 1 aromatic carbocycles. The van der Waals surface area contributed by atoms with Crippen LogP contribution in [0.2, 0.25) is 0 Å². The minimum atomic E-state index is -0.263. The number of carbonyl (C=O) groups excluding carboxylic acids is 1. The molecule has 2 aromatic rings. The predicted octanol–water partition coefficient (Wildman–Crippen LogP) is 2.80. The summed E-state index contributed by atoms with van der Waals surface area (Å²) in [5, 5.41) is 0.966. The number of para-hydroxylation sites is 1. The van der Waals surface area contributed by atoms with Crippen LogP contribution in [0, 0.1) is 5.92 Å². The van der Waals surface area contributed by atoms with E-state index >= 15 is 0 Å². The number of esters is 1. The molecule has 0 amide bonds. The minimum absolute atomic E-state index is 0.263. The Morgan fingerprint density at radius 2 is 2.12 bits per heavy atom. The van der Waals surface area contributed by atoms with E-state index in [9.17, 15) is 4.79 Å². The quantitative estimate of drug-likeness (QED) is 0.757. The first-order chi connectivity index (χ1) is 8.34. The van der Waals surface area contributed by atoms with E-state index in [1.54, 1.807) is 12.3 Å². The number of ether oxygens (including phenoxy) is 1. The number of aromatic nitrogens is 1. The van der Waals surface area contributed by atoms with Crippen LogP contribution in [0.25, 0.3) is 10.9 Å². The number of hydrogen-bond donors (Lipinski definition) is 0. The molecule has 1 aliphatic carbocycles. The first-order valence-electron chi connectivity index (χ1n) is 5.85. The maximum absolute atomic E-state index is 11.9. The predicted molar refractivity (Wildman–Crippen MR) is 64.7 cm³/mol. The zero-order valence-electron chi connectivity index (χ0n) is 9.43. The lowest BCUT2D eigenvalue weighted by Crippen LogP contribution is -2.08. The van der Waals surface area contributed by atoms with Gasteiger partial charge in [-0.3, -0.25) is 4.98 Å². The van der Waals surface area contributed by atoms with Crippen molar-refractivity contribution < 1.29 is 9.53 Å². The van der Waals surface area contributed by atoms with E-state index in [0.29, 0.717) is 18.1 Å². The van der Waals surface area contributed by atoms with Crippen molar-refractivity contribution in [3.8, 4) is 0 Å². The van der Waals surface area contributed by atoms with Crippen LogP contribution in [0.1, 0.15) is 23.2 Å². The van der Waals surface area contributed by atoms with Gasteiger partial charge in [-0.05, 0) is 30.9 Å². The van der Waals surface area contributed by atoms with E-state index in [0.717, 1.165) is 10.9 Å². The molecule has 86 valence electrons. The van der Waals surface area contributed by atoms with E-state index < -0.39 is 0 Å². The highest BCUT2D eigenvalue weighted by Gasteiger charge is 2.23. The van der Waals surface area contributed by atoms with Crippen LogP contribution in [0.3, 0.4) is 0 Å². The molecule has 3 rings (SSSR count). The highest BCUT2D eigenvalue weighted by molar-refractivity contribution is 6.02. The van der Waals surface area contributed by atoms with Crippen LogP contribution in [0.15, 0.2) is 36.5 Å². The lowest BCUT2D eigenvalue weighted by Gasteiger charge is -2.05. The Morgan fingerprint density at radius 3 is 2.94 bits per heavy atom. The summed E-state index contributed by atoms with van der Waals surface area (Å²) >= 11 is 0. The molecule has 3 nitrogen and oxygen atoms in total. The Labute approximate surface area is 99.4 Å². The summed E-state index contributed by atoms with van der Waals surface area (Å²) in [7, 11) is 0. The zero-order chi connectivity index (χ0) is 11.7. The second-order valence-electron chi connectivity index (χ2n) is 4.42. The average Bonchev–Trinajstić information content (AvgIpc) is 3.19. The standard InChI is InChI=1S/C14H13NO2/c16-14(17-9-10-6-7-10)12-5-1-3-11-4-2-8-15-13(11)12/h1-5,8,10H,6-7,9H2. The van der Waals surface area contributed by atoms with E-state index in [2.05, 4.69) is 4.98 Å². The molecular weight excluding hydrogens is 214 g/mol. The van der Waals surface area contributed by atoms with Gasteiger partial charge in [-0.15, -0.1) is 0 Å². The molecule has 1 heterocycles. The SMILES string of the molecule is O=C(OCC1CC1)c1cccc2cccnc12. The molecule has 0 radical (unpaired) electrons. The molecule has 0 aliphatic heterocycles. The summed E-state index contributed by atoms with van der Waals surface area (Å²) in [5.41, 5.74) is 1.28. The van der Waals surface area contributed by atoms with Gasteiger partial charge in [-0.1, -0.05) is 18.2 Å². The fourth-order valence-corrected chi connectivity index (χ4v) is 1.82. The van der Waals surface area contributed by atoms with Crippen molar-refractivity contribution >= 4 is 16.9 Å². The maximum Gasteiger partial charge on any atom is 0.340 e. The number of carbonyl (C=O) groups is 1. The number of benzene rings is 1. The average molecular weight is 227 g/mol. The van der Waals surface area contributed by atoms with Gasteiger partial charge in [-0.25, -0.2) is 4.79 Å². The Morgan fingerprint density at radius 1 is 1.29 bits per heavy atom. The Hall–Kier alpha value is -1.90. The summed E-state index contributed by atoms with van der Waals surface area (Å²) in [5.74, 6) is 0.322. The van der Waals surface area contributed by atoms with Gasteiger partial charge in [-0.2, -0.15) is 0 Å². The molecule has 0 unspecified atom stereocenters. The fourth-order valence-electron chi connectivity index (χ4n) is 1.82. The molecule has 1 aromatic heterocycles. The van der Waals surface area contributed by atoms with Gasteiger partial charge in [0.1, 0.15) is 0 Å². The smallest absolute Gasteiger partial charge is 0.340 e. The molecular formula is C14H13NO2. The van der Waals surface area contributed by atoms with E-state index in [-0.39, 0.29) is 5.97 Å². The number of nitrogens with zero attached hydrogens (tertiary/aromatic N) is 1. The van der Waals surface area contributed by atoms with Crippen LogP contribution in [-0.2, 0) is 4.74 Å². The van der Waals surface area contributed by atoms with E-state index in [4.69, 9.17) is 4.74 Å². The second kappa shape index (κ2) is 4.17. The van der Waals surface area contributed by atoms with Gasteiger partial charge in [0.2, 0.25) is 0 Å². The summed E-state index contributed by atoms with van der Waals surface area (Å²) in [4.78, 5) is 16.2. The lowest BCUT2D eigenvalue weighted by atomic mass is 10.1. The molecule has 0 spiro atoms. The molecule has 1 aliphatic rings. The van der Waals surface area contributed by atoms with Crippen molar-refractivity contribution in [2.45, 2.75) is 12.8 Å². The van der Waals surface area contributed by atoms with Crippen LogP contribution in [0.5, 0.6) is 0 Å². The van der Waals surface area contributed by atoms with Gasteiger partial charge in [0.25, 0.3) is 0 Å². The van der Waals surface area contributed by atoms with Crippen molar-refractivity contribution in [2.24, 2.45) is 5.92 Å². The molecule has 1 saturated carbocycles. The molecule has 0 N–H and O–H groups in total. The second-order valence-corrected chi connectivity index (χ2v) is 4.42. The highest BCUT2D eigenvalue weighted by atomic mass is 16.5. The fraction of sp³-hybridized carbons (Fsp3) is 0.286. The van der Waals surface area contributed by atoms with E-state index in [1.165, 1.54) is 12.8 Å². The Kier molecular flexibility index (Phi) is 2.52. The van der Waals surface area contributed by atoms with Crippen LogP contribution < -0.4 is 0 Å². The van der Waals surface area contributed by atoms with Crippen molar-refractivity contribution in [1.29, 1.82) is 0 Å². The van der Waals surface area contributed by atoms with Crippen LogP contribution >= 0.6 is 0 Å². The van der Waals surface area contributed by atoms with Gasteiger partial charge in [0.15, 0.2) is 0 Å². The zero-order valence-corrected chi connectivity index (χ0v) is 9.43. The Bertz CT molecular complexity index is 556. The first kappa shape index (κ1) is 10.3. The summed E-state index contributed by atoms with van der Waals surface area (Å²) in [6.07, 6.45) is 4.06. The molecule has 0 atom stereocenters. The molecule has 3 heteroatoms. The molecule has 0 saturated heterocycles. The third-order valence-corrected chi connectivity index (χ3v) is 3.00. The van der Waals surface area contributed by atoms with Gasteiger partial charge in [0.05, 0.1) is 17.7 Å². The van der Waals surface area contributed by atoms with E-state index in [1.807, 2.05) is 24.3 Å². The molecule has 17 heavy (non-hydrogen) atoms. The maximum atomic E-state index is 11.9. The number of fused-ring (bicyclic) bond motifs is 1. The molecule has 1 fully saturated rings. The minimum Gasteiger partial charge on any atom is -0.462 e. The third-order valence-electron chi connectivity index (χ3n) is 3.00. The summed E-state index contributed by atoms with van der Waals surface area (Å²) < 4.78 is 5.28. The first-order valence-corrected chi connectivity index (χ1v) is 5.85. The monoisotopic (exact) mass is 227 g/mol. The summed E-state index contributed by atoms with van der Waals surface area (Å²) in [6.45, 7) is 0.544. The van der Waals surface area contributed by atoms with Crippen LogP contribution in [-0.4, -0.2) is 17.6 Å². The Balaban J connectivity index is 1.89. The van der Waals surface area contributed by atoms with Gasteiger partial charge < -0.3 is 4.74 Å². The largest absolute Gasteiger partial charge is 0.462 e. The van der Waals surface area contributed by atoms with Crippen molar-refractivity contribution in [3.05, 3.63) is 42.1 Å². The van der Waals surface area contributed by atoms with Crippen molar-refractivity contribution in [2.75, 3.05) is 6.61 Å². The topological polar surface area (TPSA) is 39.2 Å². The number of pyridine rings is 1. The van der Waals surface area contributed by atoms with Crippen molar-refractivity contribution in [3.63, 3.8) is 0 Å². The highest BCUT2D eigenvalue weighted by Crippen LogP contribution is 2.29. The third kappa shape index (κ3) is 2.13. The number of hydrogen-bond acceptors (Lipinski definition) is 3.